The van der Waals surface area contributed by atoms with E-state index in [1.54, 1.807) is 23.3 Å². The summed E-state index contributed by atoms with van der Waals surface area (Å²) >= 11 is 0. The fourth-order valence-corrected chi connectivity index (χ4v) is 8.35. The molecule has 1 heterocycles. The Labute approximate surface area is 195 Å². The third-order valence-electron chi connectivity index (χ3n) is 9.97. The highest BCUT2D eigenvalue weighted by molar-refractivity contribution is 5.82. The fraction of sp³-hybridized carbons (Fsp3) is 0.846. The van der Waals surface area contributed by atoms with E-state index in [-0.39, 0.29) is 41.9 Å². The Bertz CT molecular complexity index is 1030. The monoisotopic (exact) mass is 434 g/mol. The molecule has 4 saturated carbocycles. The van der Waals surface area contributed by atoms with E-state index in [4.69, 9.17) is 11.6 Å². The largest absolute Gasteiger partial charge is 0.387 e. The molecule has 5 nitrogen and oxygen atoms in total. The smallest absolute Gasteiger partial charge is 0.156 e. The van der Waals surface area contributed by atoms with Crippen LogP contribution in [0, 0.1) is 40.4 Å². The van der Waals surface area contributed by atoms with Crippen LogP contribution in [0.1, 0.15) is 79.9 Å². The summed E-state index contributed by atoms with van der Waals surface area (Å²) in [5.74, 6) is -0.00555. The molecular weight excluding hydrogens is 388 g/mol. The van der Waals surface area contributed by atoms with Crippen LogP contribution in [-0.4, -0.2) is 39.6 Å². The van der Waals surface area contributed by atoms with Gasteiger partial charge >= 0.3 is 0 Å². The molecule has 8 atom stereocenters. The molecule has 0 radical (unpaired) electrons. The van der Waals surface area contributed by atoms with Gasteiger partial charge in [-0.3, -0.25) is 4.79 Å². The van der Waals surface area contributed by atoms with Gasteiger partial charge in [-0.2, -0.15) is 0 Å². The number of ketones is 1. The maximum atomic E-state index is 13.5. The summed E-state index contributed by atoms with van der Waals surface area (Å²) in [6.45, 7) is 1.95. The van der Waals surface area contributed by atoms with Crippen LogP contribution >= 0.6 is 0 Å². The lowest BCUT2D eigenvalue weighted by molar-refractivity contribution is -0.164. The first-order valence-corrected chi connectivity index (χ1v) is 12.0. The zero-order valence-electron chi connectivity index (χ0n) is 24.8. The number of carbonyl (C=O) groups excluding carboxylic acids is 1. The maximum Gasteiger partial charge on any atom is 0.156 e. The van der Waals surface area contributed by atoms with Gasteiger partial charge in [0.15, 0.2) is 5.78 Å². The van der Waals surface area contributed by atoms with Crippen molar-refractivity contribution < 1.29 is 22.9 Å². The van der Waals surface area contributed by atoms with Crippen LogP contribution in [-0.2, 0) is 16.1 Å². The predicted octanol–water partition coefficient (Wildman–Crippen LogP) is 4.49. The summed E-state index contributed by atoms with van der Waals surface area (Å²) in [6.07, 6.45) is 10.9. The minimum atomic E-state index is -2.92. The van der Waals surface area contributed by atoms with Crippen molar-refractivity contribution in [3.05, 3.63) is 18.7 Å². The van der Waals surface area contributed by atoms with E-state index in [1.807, 2.05) is 0 Å². The minimum Gasteiger partial charge on any atom is -0.387 e. The summed E-state index contributed by atoms with van der Waals surface area (Å²) in [6, 6.07) is 0. The number of hydrogen-bond donors (Lipinski definition) is 1. The van der Waals surface area contributed by atoms with Gasteiger partial charge in [0.25, 0.3) is 0 Å². The second-order valence-electron chi connectivity index (χ2n) is 11.2. The lowest BCUT2D eigenvalue weighted by atomic mass is 9.44. The molecule has 1 aromatic rings. The molecule has 0 bridgehead atoms. The number of imidazole rings is 1. The van der Waals surface area contributed by atoms with Crippen molar-refractivity contribution in [2.45, 2.75) is 83.8 Å². The number of rotatable bonds is 5. The molecule has 0 aromatic carbocycles. The molecule has 0 amide bonds. The normalized spacial score (nSPS) is 52.9. The quantitative estimate of drug-likeness (QED) is 0.742. The molecule has 31 heavy (non-hydrogen) atoms. The van der Waals surface area contributed by atoms with Gasteiger partial charge in [-0.25, -0.2) is 4.98 Å². The van der Waals surface area contributed by atoms with Crippen molar-refractivity contribution in [2.75, 3.05) is 13.6 Å². The zero-order chi connectivity index (χ0) is 27.1. The van der Waals surface area contributed by atoms with Crippen LogP contribution in [0.15, 0.2) is 18.7 Å². The Morgan fingerprint density at radius 1 is 1.23 bits per heavy atom. The molecule has 1 aromatic heterocycles. The Morgan fingerprint density at radius 2 is 2.06 bits per heavy atom. The molecule has 5 heteroatoms. The molecule has 4 aliphatic rings. The van der Waals surface area contributed by atoms with Gasteiger partial charge in [0.05, 0.1) is 31.9 Å². The summed E-state index contributed by atoms with van der Waals surface area (Å²) in [7, 11) is -2.92. The molecule has 172 valence electrons. The highest BCUT2D eigenvalue weighted by Gasteiger charge is 2.62. The molecule has 0 aliphatic heterocycles. The number of aliphatic hydroxyl groups is 1. The fourth-order valence-electron chi connectivity index (χ4n) is 8.35. The first kappa shape index (κ1) is 15.6. The lowest BCUT2D eigenvalue weighted by Crippen LogP contribution is -2.56. The molecule has 0 spiro atoms. The van der Waals surface area contributed by atoms with E-state index in [2.05, 4.69) is 18.8 Å². The number of carbonyl (C=O) groups is 1. The predicted molar refractivity (Wildman–Crippen MR) is 119 cm³/mol. The lowest BCUT2D eigenvalue weighted by Gasteiger charge is -2.62. The van der Waals surface area contributed by atoms with E-state index < -0.39 is 25.1 Å². The van der Waals surface area contributed by atoms with Crippen molar-refractivity contribution in [3.63, 3.8) is 0 Å². The molecule has 0 saturated heterocycles. The SMILES string of the molecule is [2H]C([2H])([2H])OC([2H])([2H])[C@@]1(O)CC[C@@]2(C)[C@@H](CC[C@@H]3[C@@H]2CC[C@@]2(C)[C@H]3CC[C@]2([2H])C(=O)Cn2ccnc2)C1. The number of ether oxygens (including phenoxy) is 1. The summed E-state index contributed by atoms with van der Waals surface area (Å²) < 4.78 is 54.6. The second kappa shape index (κ2) is 7.69. The minimum absolute atomic E-state index is 0.0342. The Balaban J connectivity index is 1.35. The standard InChI is InChI=1S/C26H40N2O3/c1-24-10-11-26(30,16-31-3)14-18(24)4-5-19-20-6-7-22(25(20,2)9-8-21(19)24)23(29)15-28-13-12-27-17-28/h12-13,17-22,30H,4-11,14-16H2,1-3H3/t18-,19-,20-,21-,22+,24-,25-,26+/m0/s1/i3D3,16D2,22D. The molecular formula is C26H40N2O3. The van der Waals surface area contributed by atoms with Crippen molar-refractivity contribution in [2.24, 2.45) is 40.4 Å². The first-order chi connectivity index (χ1) is 17.0. The van der Waals surface area contributed by atoms with E-state index in [0.29, 0.717) is 30.6 Å². The molecule has 4 aliphatic carbocycles. The Morgan fingerprint density at radius 3 is 2.84 bits per heavy atom. The number of Topliss-reactive ketones (excluding diaryl/α,β-unsaturated/α-hetero) is 1. The van der Waals surface area contributed by atoms with Gasteiger partial charge in [0, 0.05) is 26.7 Å². The summed E-state index contributed by atoms with van der Waals surface area (Å²) in [5.41, 5.74) is -2.32. The molecule has 5 rings (SSSR count). The summed E-state index contributed by atoms with van der Waals surface area (Å²) in [4.78, 5) is 17.5. The van der Waals surface area contributed by atoms with Crippen LogP contribution < -0.4 is 0 Å². The second-order valence-corrected chi connectivity index (χ2v) is 11.2. The number of fused-ring (bicyclic) bond motifs is 5. The van der Waals surface area contributed by atoms with E-state index >= 15 is 0 Å². The van der Waals surface area contributed by atoms with Gasteiger partial charge in [0.1, 0.15) is 0 Å². The van der Waals surface area contributed by atoms with Gasteiger partial charge in [0.2, 0.25) is 0 Å². The van der Waals surface area contributed by atoms with Crippen molar-refractivity contribution in [1.29, 1.82) is 0 Å². The Hall–Kier alpha value is -1.20. The van der Waals surface area contributed by atoms with Gasteiger partial charge in [-0.05, 0) is 92.3 Å². The van der Waals surface area contributed by atoms with Crippen molar-refractivity contribution in [3.8, 4) is 0 Å². The van der Waals surface area contributed by atoms with Crippen molar-refractivity contribution in [1.82, 2.24) is 9.55 Å². The van der Waals surface area contributed by atoms with Crippen molar-refractivity contribution >= 4 is 5.78 Å². The average Bonchev–Trinajstić information content (AvgIpc) is 3.39. The number of nitrogens with zero attached hydrogens (tertiary/aromatic N) is 2. The average molecular weight is 435 g/mol. The van der Waals surface area contributed by atoms with Crippen LogP contribution in [0.25, 0.3) is 0 Å². The van der Waals surface area contributed by atoms with Gasteiger partial charge in [-0.1, -0.05) is 13.8 Å². The molecule has 4 fully saturated rings. The van der Waals surface area contributed by atoms with Gasteiger partial charge in [-0.15, -0.1) is 0 Å². The topological polar surface area (TPSA) is 64.3 Å². The van der Waals surface area contributed by atoms with Gasteiger partial charge < -0.3 is 14.4 Å². The first-order valence-electron chi connectivity index (χ1n) is 15.0. The van der Waals surface area contributed by atoms with E-state index in [1.165, 1.54) is 0 Å². The van der Waals surface area contributed by atoms with E-state index in [0.717, 1.165) is 32.1 Å². The van der Waals surface area contributed by atoms with E-state index in [9.17, 15) is 11.3 Å². The molecule has 1 N–H and O–H groups in total. The Kier molecular flexibility index (Phi) is 3.87. The number of aromatic nitrogens is 2. The summed E-state index contributed by atoms with van der Waals surface area (Å²) in [5, 5.41) is 11.3. The third kappa shape index (κ3) is 3.42. The molecule has 0 unspecified atom stereocenters. The maximum absolute atomic E-state index is 13.5. The van der Waals surface area contributed by atoms with Crippen LogP contribution in [0.5, 0.6) is 0 Å². The number of methoxy groups -OCH3 is 1. The van der Waals surface area contributed by atoms with Crippen LogP contribution in [0.2, 0.25) is 0 Å². The van der Waals surface area contributed by atoms with Crippen LogP contribution in [0.3, 0.4) is 0 Å². The highest BCUT2D eigenvalue weighted by Crippen LogP contribution is 2.68. The highest BCUT2D eigenvalue weighted by atomic mass is 16.5. The van der Waals surface area contributed by atoms with Crippen LogP contribution in [0.4, 0.5) is 0 Å². The number of hydrogen-bond acceptors (Lipinski definition) is 4. The third-order valence-corrected chi connectivity index (χ3v) is 9.97. The zero-order valence-corrected chi connectivity index (χ0v) is 18.8.